The van der Waals surface area contributed by atoms with E-state index in [1.807, 2.05) is 54.6 Å². The van der Waals surface area contributed by atoms with E-state index in [1.165, 1.54) is 0 Å². The van der Waals surface area contributed by atoms with Crippen LogP contribution in [0.5, 0.6) is 0 Å². The van der Waals surface area contributed by atoms with Crippen molar-refractivity contribution in [2.24, 2.45) is 5.92 Å². The molecule has 12 heteroatoms. The average Bonchev–Trinajstić information content (AvgIpc) is 2.98. The van der Waals surface area contributed by atoms with Crippen LogP contribution in [0.15, 0.2) is 54.6 Å². The lowest BCUT2D eigenvalue weighted by Gasteiger charge is -2.39. The number of carboxylic acids is 1. The van der Waals surface area contributed by atoms with Crippen molar-refractivity contribution in [2.75, 3.05) is 19.8 Å². The fourth-order valence-corrected chi connectivity index (χ4v) is 4.64. The maximum Gasteiger partial charge on any atom is 0.308 e. The highest BCUT2D eigenvalue weighted by Gasteiger charge is 2.44. The minimum absolute atomic E-state index is 0.188. The van der Waals surface area contributed by atoms with Crippen LogP contribution in [0, 0.1) is 5.92 Å². The monoisotopic (exact) mass is 589 g/mol. The van der Waals surface area contributed by atoms with Crippen LogP contribution in [0.3, 0.4) is 0 Å². The molecule has 2 aromatic carbocycles. The first-order valence-electron chi connectivity index (χ1n) is 13.8. The molecule has 1 fully saturated rings. The molecule has 1 aliphatic heterocycles. The van der Waals surface area contributed by atoms with E-state index in [4.69, 9.17) is 19.3 Å². The van der Waals surface area contributed by atoms with E-state index < -0.39 is 67.1 Å². The van der Waals surface area contributed by atoms with Crippen molar-refractivity contribution >= 4 is 17.8 Å². The van der Waals surface area contributed by atoms with Gasteiger partial charge in [-0.25, -0.2) is 0 Å². The summed E-state index contributed by atoms with van der Waals surface area (Å²) in [7, 11) is 0. The van der Waals surface area contributed by atoms with Crippen molar-refractivity contribution in [2.45, 2.75) is 69.4 Å². The van der Waals surface area contributed by atoms with Crippen LogP contribution in [0.25, 0.3) is 11.1 Å². The van der Waals surface area contributed by atoms with Gasteiger partial charge in [-0.2, -0.15) is 0 Å². The highest BCUT2D eigenvalue weighted by atomic mass is 16.7. The van der Waals surface area contributed by atoms with Crippen LogP contribution >= 0.6 is 0 Å². The lowest BCUT2D eigenvalue weighted by molar-refractivity contribution is -0.302. The second kappa shape index (κ2) is 16.3. The first-order chi connectivity index (χ1) is 20.1. The van der Waals surface area contributed by atoms with Crippen molar-refractivity contribution in [3.05, 3.63) is 60.2 Å². The van der Waals surface area contributed by atoms with E-state index in [2.05, 4.69) is 5.32 Å². The minimum Gasteiger partial charge on any atom is -0.481 e. The van der Waals surface area contributed by atoms with E-state index >= 15 is 0 Å². The molecule has 0 bridgehead atoms. The Morgan fingerprint density at radius 1 is 0.905 bits per heavy atom. The Labute approximate surface area is 243 Å². The number of nitrogens with one attached hydrogen (secondary N) is 1. The van der Waals surface area contributed by atoms with Gasteiger partial charge in [0.25, 0.3) is 0 Å². The number of amides is 1. The number of aliphatic hydroxyl groups is 4. The zero-order chi connectivity index (χ0) is 30.6. The number of benzene rings is 2. The van der Waals surface area contributed by atoms with E-state index in [0.717, 1.165) is 16.7 Å². The minimum atomic E-state index is -1.58. The number of carboxylic acid groups (broad SMARTS) is 1. The summed E-state index contributed by atoms with van der Waals surface area (Å²) in [4.78, 5) is 36.0. The zero-order valence-corrected chi connectivity index (χ0v) is 23.4. The Kier molecular flexibility index (Phi) is 12.9. The number of rotatable bonds is 15. The lowest BCUT2D eigenvalue weighted by atomic mass is 9.94. The third-order valence-electron chi connectivity index (χ3n) is 6.97. The topological polar surface area (TPSA) is 192 Å². The molecule has 2 aromatic rings. The lowest BCUT2D eigenvalue weighted by Crippen LogP contribution is -2.59. The molecule has 7 unspecified atom stereocenters. The molecule has 230 valence electrons. The van der Waals surface area contributed by atoms with Gasteiger partial charge in [-0.1, -0.05) is 61.5 Å². The van der Waals surface area contributed by atoms with Gasteiger partial charge in [-0.3, -0.25) is 14.4 Å². The molecule has 3 rings (SSSR count). The standard InChI is InChI=1S/C30H39NO11/c1-18(29(39)40-13-14-41-30-28(38)27(37)26(36)23(17-32)42-30)15-22(31-24(33)11-12-25(34)35)16-19-7-9-21(10-8-19)20-5-3-2-4-6-20/h2-10,18,22-23,26-28,30,32,36-38H,11-17H2,1H3,(H,31,33)(H,34,35). The van der Waals surface area contributed by atoms with E-state index in [1.54, 1.807) is 6.92 Å². The molecule has 0 saturated carbocycles. The van der Waals surface area contributed by atoms with Gasteiger partial charge in [0.1, 0.15) is 31.0 Å². The highest BCUT2D eigenvalue weighted by Crippen LogP contribution is 2.23. The second-order valence-corrected chi connectivity index (χ2v) is 10.3. The van der Waals surface area contributed by atoms with Gasteiger partial charge in [0, 0.05) is 12.5 Å². The summed E-state index contributed by atoms with van der Waals surface area (Å²) in [6.07, 6.45) is -6.97. The van der Waals surface area contributed by atoms with Crippen molar-refractivity contribution in [1.29, 1.82) is 0 Å². The summed E-state index contributed by atoms with van der Waals surface area (Å²) in [5.41, 5.74) is 3.02. The summed E-state index contributed by atoms with van der Waals surface area (Å²) in [6.45, 7) is 0.664. The molecule has 1 heterocycles. The van der Waals surface area contributed by atoms with E-state index in [0.29, 0.717) is 6.42 Å². The first-order valence-corrected chi connectivity index (χ1v) is 13.8. The van der Waals surface area contributed by atoms with E-state index in [9.17, 15) is 34.8 Å². The number of hydrogen-bond donors (Lipinski definition) is 6. The fourth-order valence-electron chi connectivity index (χ4n) is 4.64. The molecule has 1 aliphatic rings. The Morgan fingerprint density at radius 3 is 2.21 bits per heavy atom. The largest absolute Gasteiger partial charge is 0.481 e. The fraction of sp³-hybridized carbons (Fsp3) is 0.500. The predicted molar refractivity (Wildman–Crippen MR) is 149 cm³/mol. The molecule has 6 N–H and O–H groups in total. The Bertz CT molecular complexity index is 1140. The van der Waals surface area contributed by atoms with E-state index in [-0.39, 0.29) is 32.5 Å². The number of carbonyl (C=O) groups is 3. The van der Waals surface area contributed by atoms with Gasteiger partial charge in [-0.15, -0.1) is 0 Å². The molecule has 0 spiro atoms. The summed E-state index contributed by atoms with van der Waals surface area (Å²) in [6, 6.07) is 17.2. The van der Waals surface area contributed by atoms with Crippen LogP contribution < -0.4 is 5.32 Å². The van der Waals surface area contributed by atoms with Crippen molar-refractivity contribution in [1.82, 2.24) is 5.32 Å². The van der Waals surface area contributed by atoms with Crippen molar-refractivity contribution in [3.8, 4) is 11.1 Å². The van der Waals surface area contributed by atoms with Gasteiger partial charge in [0.05, 0.1) is 25.6 Å². The smallest absolute Gasteiger partial charge is 0.308 e. The van der Waals surface area contributed by atoms with Crippen LogP contribution in [0.1, 0.15) is 31.7 Å². The predicted octanol–water partition coefficient (Wildman–Crippen LogP) is 0.632. The molecule has 7 atom stereocenters. The molecule has 42 heavy (non-hydrogen) atoms. The van der Waals surface area contributed by atoms with Gasteiger partial charge in [0.2, 0.25) is 5.91 Å². The summed E-state index contributed by atoms with van der Waals surface area (Å²) >= 11 is 0. The Hall–Kier alpha value is -3.39. The normalized spacial score (nSPS) is 23.5. The van der Waals surface area contributed by atoms with Crippen molar-refractivity contribution < 1.29 is 54.1 Å². The number of esters is 1. The third kappa shape index (κ3) is 9.86. The molecule has 0 radical (unpaired) electrons. The van der Waals surface area contributed by atoms with Gasteiger partial charge in [-0.05, 0) is 29.5 Å². The average molecular weight is 590 g/mol. The highest BCUT2D eigenvalue weighted by molar-refractivity contribution is 5.81. The van der Waals surface area contributed by atoms with Gasteiger partial charge >= 0.3 is 11.9 Å². The van der Waals surface area contributed by atoms with Gasteiger partial charge < -0.3 is 45.1 Å². The Morgan fingerprint density at radius 2 is 1.57 bits per heavy atom. The second-order valence-electron chi connectivity index (χ2n) is 10.3. The maximum absolute atomic E-state index is 12.7. The van der Waals surface area contributed by atoms with Crippen LogP contribution in [0.4, 0.5) is 0 Å². The molecule has 1 amide bonds. The molecule has 0 aromatic heterocycles. The zero-order valence-electron chi connectivity index (χ0n) is 23.4. The molecule has 1 saturated heterocycles. The summed E-state index contributed by atoms with van der Waals surface area (Å²) in [5, 5.41) is 50.7. The van der Waals surface area contributed by atoms with Crippen molar-refractivity contribution in [3.63, 3.8) is 0 Å². The van der Waals surface area contributed by atoms with Crippen LogP contribution in [-0.4, -0.2) is 99.9 Å². The SMILES string of the molecule is CC(CC(Cc1ccc(-c2ccccc2)cc1)NC(=O)CCC(=O)O)C(=O)OCCOC1OC(CO)C(O)C(O)C1O. The molecular formula is C30H39NO11. The Balaban J connectivity index is 1.54. The third-order valence-corrected chi connectivity index (χ3v) is 6.97. The quantitative estimate of drug-likeness (QED) is 0.126. The molecule has 12 nitrogen and oxygen atoms in total. The first kappa shape index (κ1) is 33.1. The number of aliphatic hydroxyl groups excluding tert-OH is 4. The molecule has 0 aliphatic carbocycles. The maximum atomic E-state index is 12.7. The number of ether oxygens (including phenoxy) is 3. The summed E-state index contributed by atoms with van der Waals surface area (Å²) in [5.74, 6) is -2.71. The van der Waals surface area contributed by atoms with Gasteiger partial charge in [0.15, 0.2) is 6.29 Å². The number of hydrogen-bond acceptors (Lipinski definition) is 10. The van der Waals surface area contributed by atoms with Crippen LogP contribution in [0.2, 0.25) is 0 Å². The number of aliphatic carboxylic acids is 1. The van der Waals surface area contributed by atoms with Crippen LogP contribution in [-0.2, 0) is 35.0 Å². The summed E-state index contributed by atoms with van der Waals surface area (Å²) < 4.78 is 15.9. The number of carbonyl (C=O) groups excluding carboxylic acids is 2. The molecular weight excluding hydrogens is 550 g/mol.